The topological polar surface area (TPSA) is 43.1 Å². The molecular formula is C7H15NOS2. The average molecular weight is 193 g/mol. The first kappa shape index (κ1) is 11.2. The van der Waals surface area contributed by atoms with Crippen LogP contribution in [0.15, 0.2) is 0 Å². The molecule has 0 spiro atoms. The number of rotatable bonds is 5. The molecule has 2 nitrogen and oxygen atoms in total. The smallest absolute Gasteiger partial charge is 0.221 e. The Balaban J connectivity index is 3.61. The van der Waals surface area contributed by atoms with Gasteiger partial charge in [0.2, 0.25) is 5.91 Å². The summed E-state index contributed by atoms with van der Waals surface area (Å²) in [6, 6.07) is 0. The molecule has 0 aromatic heterocycles. The van der Waals surface area contributed by atoms with Gasteiger partial charge in [-0.15, -0.1) is 0 Å². The summed E-state index contributed by atoms with van der Waals surface area (Å²) in [5.74, 6) is 0.192. The Morgan fingerprint density at radius 2 is 2.09 bits per heavy atom. The Bertz CT molecular complexity index is 128. The number of hydrogen-bond acceptors (Lipinski definition) is 3. The third-order valence-electron chi connectivity index (χ3n) is 1.56. The zero-order valence-electron chi connectivity index (χ0n) is 6.66. The lowest BCUT2D eigenvalue weighted by Crippen LogP contribution is -2.25. The lowest BCUT2D eigenvalue weighted by Gasteiger charge is -2.10. The molecular weight excluding hydrogens is 178 g/mol. The predicted octanol–water partition coefficient (Wildman–Crippen LogP) is 1.12. The molecule has 2 atom stereocenters. The molecule has 0 bridgehead atoms. The lowest BCUT2D eigenvalue weighted by molar-refractivity contribution is -0.121. The minimum atomic E-state index is -0.256. The normalized spacial score (nSPS) is 15.9. The van der Waals surface area contributed by atoms with Gasteiger partial charge in [0.15, 0.2) is 0 Å². The van der Waals surface area contributed by atoms with E-state index in [1.54, 1.807) is 0 Å². The van der Waals surface area contributed by atoms with Crippen LogP contribution in [0.3, 0.4) is 0 Å². The van der Waals surface area contributed by atoms with Crippen molar-refractivity contribution >= 4 is 31.2 Å². The van der Waals surface area contributed by atoms with Gasteiger partial charge in [-0.25, -0.2) is 0 Å². The van der Waals surface area contributed by atoms with Gasteiger partial charge in [0.05, 0.1) is 0 Å². The number of primary amides is 1. The minimum Gasteiger partial charge on any atom is -0.369 e. The van der Waals surface area contributed by atoms with Crippen molar-refractivity contribution in [3.05, 3.63) is 0 Å². The molecule has 2 unspecified atom stereocenters. The molecule has 0 fully saturated rings. The van der Waals surface area contributed by atoms with E-state index in [2.05, 4.69) is 25.3 Å². The van der Waals surface area contributed by atoms with Crippen LogP contribution < -0.4 is 5.73 Å². The summed E-state index contributed by atoms with van der Waals surface area (Å²) in [4.78, 5) is 10.7. The maximum atomic E-state index is 10.7. The first-order valence-electron chi connectivity index (χ1n) is 3.66. The van der Waals surface area contributed by atoms with Crippen LogP contribution in [0.5, 0.6) is 0 Å². The van der Waals surface area contributed by atoms with Gasteiger partial charge in [-0.1, -0.05) is 6.92 Å². The largest absolute Gasteiger partial charge is 0.369 e. The fraction of sp³-hybridized carbons (Fsp3) is 0.857. The van der Waals surface area contributed by atoms with Gasteiger partial charge in [-0.3, -0.25) is 4.79 Å². The van der Waals surface area contributed by atoms with Gasteiger partial charge in [-0.2, -0.15) is 25.3 Å². The fourth-order valence-corrected chi connectivity index (χ4v) is 1.28. The van der Waals surface area contributed by atoms with E-state index in [0.29, 0.717) is 11.0 Å². The van der Waals surface area contributed by atoms with Crippen molar-refractivity contribution in [2.45, 2.75) is 25.0 Å². The van der Waals surface area contributed by atoms with Crippen molar-refractivity contribution in [3.8, 4) is 0 Å². The Labute approximate surface area is 78.7 Å². The summed E-state index contributed by atoms with van der Waals surface area (Å²) in [5, 5.41) is 0.330. The molecule has 0 aliphatic rings. The third-order valence-corrected chi connectivity index (χ3v) is 2.25. The van der Waals surface area contributed by atoms with Crippen molar-refractivity contribution < 1.29 is 4.79 Å². The summed E-state index contributed by atoms with van der Waals surface area (Å²) < 4.78 is 0. The highest BCUT2D eigenvalue weighted by Gasteiger charge is 2.13. The molecule has 4 heteroatoms. The van der Waals surface area contributed by atoms with E-state index in [-0.39, 0.29) is 11.8 Å². The number of hydrogen-bond donors (Lipinski definition) is 3. The van der Waals surface area contributed by atoms with Crippen molar-refractivity contribution in [1.82, 2.24) is 0 Å². The zero-order chi connectivity index (χ0) is 8.85. The van der Waals surface area contributed by atoms with Crippen LogP contribution in [0.2, 0.25) is 0 Å². The molecule has 0 saturated carbocycles. The monoisotopic (exact) mass is 193 g/mol. The predicted molar refractivity (Wildman–Crippen MR) is 54.2 cm³/mol. The first-order chi connectivity index (χ1) is 5.07. The van der Waals surface area contributed by atoms with Gasteiger partial charge < -0.3 is 5.73 Å². The number of thiol groups is 2. The SMILES string of the molecule is CC(S)CCC(CS)C(N)=O. The van der Waals surface area contributed by atoms with Gasteiger partial charge in [0.25, 0.3) is 0 Å². The molecule has 2 N–H and O–H groups in total. The van der Waals surface area contributed by atoms with Gasteiger partial charge in [0.1, 0.15) is 0 Å². The van der Waals surface area contributed by atoms with E-state index in [0.717, 1.165) is 12.8 Å². The minimum absolute atomic E-state index is 0.0899. The second-order valence-corrected chi connectivity index (χ2v) is 3.95. The van der Waals surface area contributed by atoms with Crippen LogP contribution in [-0.2, 0) is 4.79 Å². The number of carbonyl (C=O) groups is 1. The van der Waals surface area contributed by atoms with Crippen LogP contribution in [0.1, 0.15) is 19.8 Å². The first-order valence-corrected chi connectivity index (χ1v) is 4.81. The van der Waals surface area contributed by atoms with Crippen LogP contribution >= 0.6 is 25.3 Å². The van der Waals surface area contributed by atoms with Crippen LogP contribution in [0, 0.1) is 5.92 Å². The fourth-order valence-electron chi connectivity index (χ4n) is 0.766. The maximum absolute atomic E-state index is 10.7. The molecule has 0 radical (unpaired) electrons. The highest BCUT2D eigenvalue weighted by molar-refractivity contribution is 7.80. The summed E-state index contributed by atoms with van der Waals surface area (Å²) in [5.41, 5.74) is 5.12. The molecule has 66 valence electrons. The Morgan fingerprint density at radius 3 is 2.36 bits per heavy atom. The Kier molecular flexibility index (Phi) is 5.86. The van der Waals surface area contributed by atoms with Gasteiger partial charge in [-0.05, 0) is 18.1 Å². The zero-order valence-corrected chi connectivity index (χ0v) is 8.44. The standard InChI is InChI=1S/C7H15NOS2/c1-5(11)2-3-6(4-10)7(8)9/h5-6,10-11H,2-4H2,1H3,(H2,8,9). The highest BCUT2D eigenvalue weighted by atomic mass is 32.1. The van der Waals surface area contributed by atoms with Crippen LogP contribution in [0.25, 0.3) is 0 Å². The Morgan fingerprint density at radius 1 is 1.55 bits per heavy atom. The third kappa shape index (κ3) is 5.44. The molecule has 1 amide bonds. The number of carbonyl (C=O) groups excluding carboxylic acids is 1. The second kappa shape index (κ2) is 5.77. The highest BCUT2D eigenvalue weighted by Crippen LogP contribution is 2.12. The molecule has 0 heterocycles. The van der Waals surface area contributed by atoms with Crippen molar-refractivity contribution in [2.24, 2.45) is 11.7 Å². The van der Waals surface area contributed by atoms with E-state index >= 15 is 0 Å². The summed E-state index contributed by atoms with van der Waals surface area (Å²) in [6.45, 7) is 2.00. The van der Waals surface area contributed by atoms with Crippen molar-refractivity contribution in [2.75, 3.05) is 5.75 Å². The summed E-state index contributed by atoms with van der Waals surface area (Å²) in [7, 11) is 0. The summed E-state index contributed by atoms with van der Waals surface area (Å²) >= 11 is 8.23. The molecule has 0 aliphatic carbocycles. The average Bonchev–Trinajstić information content (AvgIpc) is 1.87. The number of nitrogens with two attached hydrogens (primary N) is 1. The van der Waals surface area contributed by atoms with Gasteiger partial charge in [0, 0.05) is 11.7 Å². The van der Waals surface area contributed by atoms with E-state index in [9.17, 15) is 4.79 Å². The van der Waals surface area contributed by atoms with E-state index in [1.165, 1.54) is 0 Å². The van der Waals surface area contributed by atoms with E-state index in [1.807, 2.05) is 6.92 Å². The van der Waals surface area contributed by atoms with Crippen LogP contribution in [0.4, 0.5) is 0 Å². The quantitative estimate of drug-likeness (QED) is 0.563. The molecule has 11 heavy (non-hydrogen) atoms. The van der Waals surface area contributed by atoms with Gasteiger partial charge >= 0.3 is 0 Å². The molecule has 0 saturated heterocycles. The summed E-state index contributed by atoms with van der Waals surface area (Å²) in [6.07, 6.45) is 1.71. The van der Waals surface area contributed by atoms with Crippen LogP contribution in [-0.4, -0.2) is 16.9 Å². The van der Waals surface area contributed by atoms with Crippen molar-refractivity contribution in [3.63, 3.8) is 0 Å². The van der Waals surface area contributed by atoms with E-state index < -0.39 is 0 Å². The molecule has 0 rings (SSSR count). The van der Waals surface area contributed by atoms with Crippen molar-refractivity contribution in [1.29, 1.82) is 0 Å². The maximum Gasteiger partial charge on any atom is 0.221 e. The lowest BCUT2D eigenvalue weighted by atomic mass is 10.0. The Hall–Kier alpha value is 0.170. The molecule has 0 aliphatic heterocycles. The molecule has 0 aromatic rings. The van der Waals surface area contributed by atoms with E-state index in [4.69, 9.17) is 5.73 Å². The second-order valence-electron chi connectivity index (χ2n) is 2.71. The number of amides is 1. The molecule has 0 aromatic carbocycles.